The average molecular weight is 276 g/mol. The zero-order valence-corrected chi connectivity index (χ0v) is 11.0. The average Bonchev–Trinajstić information content (AvgIpc) is 2.71. The Balaban J connectivity index is 2.03. The number of hydrogen-bond donors (Lipinski definition) is 2. The molecule has 2 aromatic rings. The van der Waals surface area contributed by atoms with Gasteiger partial charge in [-0.2, -0.15) is 0 Å². The van der Waals surface area contributed by atoms with E-state index in [1.54, 1.807) is 6.92 Å². The summed E-state index contributed by atoms with van der Waals surface area (Å²) in [4.78, 5) is 26.8. The van der Waals surface area contributed by atoms with Gasteiger partial charge in [0.25, 0.3) is 0 Å². The number of aromatic carboxylic acids is 1. The van der Waals surface area contributed by atoms with Crippen LogP contribution in [-0.4, -0.2) is 22.0 Å². The molecule has 0 unspecified atom stereocenters. The minimum absolute atomic E-state index is 0.148. The molecule has 1 amide bonds. The van der Waals surface area contributed by atoms with E-state index in [2.05, 4.69) is 10.3 Å². The Morgan fingerprint density at radius 1 is 1.32 bits per heavy atom. The van der Waals surface area contributed by atoms with E-state index < -0.39 is 5.97 Å². The molecular weight excluding hydrogens is 264 g/mol. The summed E-state index contributed by atoms with van der Waals surface area (Å²) in [5.41, 5.74) is 1.30. The fraction of sp³-hybridized carbons (Fsp3) is 0.154. The van der Waals surface area contributed by atoms with Crippen molar-refractivity contribution in [1.29, 1.82) is 0 Å². The van der Waals surface area contributed by atoms with Gasteiger partial charge in [-0.05, 0) is 12.5 Å². The molecule has 0 saturated carbocycles. The number of aromatic nitrogens is 1. The molecule has 0 aliphatic rings. The van der Waals surface area contributed by atoms with Crippen LogP contribution in [0, 0.1) is 6.92 Å². The number of benzene rings is 1. The second-order valence-corrected chi connectivity index (χ2v) is 4.95. The molecule has 0 aliphatic carbocycles. The lowest BCUT2D eigenvalue weighted by molar-refractivity contribution is -0.115. The van der Waals surface area contributed by atoms with Gasteiger partial charge in [0.15, 0.2) is 5.13 Å². The normalized spacial score (nSPS) is 10.2. The highest BCUT2D eigenvalue weighted by Gasteiger charge is 2.15. The molecule has 6 heteroatoms. The Hall–Kier alpha value is -2.21. The molecule has 2 N–H and O–H groups in total. The molecule has 0 aliphatic heterocycles. The van der Waals surface area contributed by atoms with Gasteiger partial charge in [-0.1, -0.05) is 41.7 Å². The van der Waals surface area contributed by atoms with Gasteiger partial charge in [-0.15, -0.1) is 0 Å². The lowest BCUT2D eigenvalue weighted by atomic mass is 10.1. The molecule has 5 nitrogen and oxygen atoms in total. The molecule has 0 bridgehead atoms. The van der Waals surface area contributed by atoms with Crippen molar-refractivity contribution < 1.29 is 14.7 Å². The summed E-state index contributed by atoms with van der Waals surface area (Å²) in [6.07, 6.45) is 0.238. The van der Waals surface area contributed by atoms with Crippen molar-refractivity contribution in [2.24, 2.45) is 0 Å². The van der Waals surface area contributed by atoms with Crippen LogP contribution in [0.4, 0.5) is 5.13 Å². The van der Waals surface area contributed by atoms with Crippen LogP contribution in [0.5, 0.6) is 0 Å². The first-order valence-corrected chi connectivity index (χ1v) is 6.42. The van der Waals surface area contributed by atoms with E-state index in [9.17, 15) is 9.59 Å². The first-order valence-electron chi connectivity index (χ1n) is 5.61. The number of amides is 1. The summed E-state index contributed by atoms with van der Waals surface area (Å²) in [6.45, 7) is 1.60. The van der Waals surface area contributed by atoms with Crippen LogP contribution in [-0.2, 0) is 11.2 Å². The molecule has 0 saturated heterocycles. The second kappa shape index (κ2) is 5.62. The Morgan fingerprint density at radius 2 is 2.00 bits per heavy atom. The third-order valence-corrected chi connectivity index (χ3v) is 3.51. The number of rotatable bonds is 4. The van der Waals surface area contributed by atoms with Gasteiger partial charge < -0.3 is 10.4 Å². The highest BCUT2D eigenvalue weighted by atomic mass is 32.1. The lowest BCUT2D eigenvalue weighted by Crippen LogP contribution is -2.14. The predicted octanol–water partition coefficient (Wildman–Crippen LogP) is 2.33. The van der Waals surface area contributed by atoms with E-state index >= 15 is 0 Å². The quantitative estimate of drug-likeness (QED) is 0.898. The van der Waals surface area contributed by atoms with Crippen LogP contribution < -0.4 is 5.32 Å². The van der Waals surface area contributed by atoms with Crippen molar-refractivity contribution in [2.75, 3.05) is 5.32 Å². The molecular formula is C13H12N2O3S. The van der Waals surface area contributed by atoms with Gasteiger partial charge in [0, 0.05) is 0 Å². The number of carbonyl (C=O) groups excluding carboxylic acids is 1. The van der Waals surface area contributed by atoms with Crippen molar-refractivity contribution in [3.05, 3.63) is 46.5 Å². The highest BCUT2D eigenvalue weighted by Crippen LogP contribution is 2.22. The molecule has 1 aromatic heterocycles. The van der Waals surface area contributed by atoms with E-state index in [4.69, 9.17) is 5.11 Å². The third-order valence-electron chi connectivity index (χ3n) is 2.44. The number of nitrogens with one attached hydrogen (secondary N) is 1. The molecule has 19 heavy (non-hydrogen) atoms. The lowest BCUT2D eigenvalue weighted by Gasteiger charge is -2.01. The predicted molar refractivity (Wildman–Crippen MR) is 72.6 cm³/mol. The van der Waals surface area contributed by atoms with Crippen LogP contribution >= 0.6 is 11.3 Å². The number of carboxylic acids is 1. The first-order chi connectivity index (χ1) is 9.06. The summed E-state index contributed by atoms with van der Waals surface area (Å²) < 4.78 is 0. The van der Waals surface area contributed by atoms with E-state index in [1.807, 2.05) is 30.3 Å². The van der Waals surface area contributed by atoms with E-state index in [1.165, 1.54) is 0 Å². The van der Waals surface area contributed by atoms with Crippen molar-refractivity contribution in [1.82, 2.24) is 4.98 Å². The number of aryl methyl sites for hydroxylation is 1. The zero-order valence-electron chi connectivity index (χ0n) is 10.2. The maximum Gasteiger partial charge on any atom is 0.347 e. The van der Waals surface area contributed by atoms with Crippen molar-refractivity contribution >= 4 is 28.3 Å². The number of carbonyl (C=O) groups is 2. The highest BCUT2D eigenvalue weighted by molar-refractivity contribution is 7.17. The van der Waals surface area contributed by atoms with E-state index in [0.29, 0.717) is 10.8 Å². The molecule has 98 valence electrons. The van der Waals surface area contributed by atoms with E-state index in [0.717, 1.165) is 16.9 Å². The summed E-state index contributed by atoms with van der Waals surface area (Å²) in [7, 11) is 0. The summed E-state index contributed by atoms with van der Waals surface area (Å²) >= 11 is 0.964. The van der Waals surface area contributed by atoms with Gasteiger partial charge in [0.1, 0.15) is 4.88 Å². The third kappa shape index (κ3) is 3.38. The molecule has 0 atom stereocenters. The topological polar surface area (TPSA) is 79.3 Å². The van der Waals surface area contributed by atoms with Crippen molar-refractivity contribution in [3.8, 4) is 0 Å². The molecule has 2 rings (SSSR count). The standard InChI is InChI=1S/C13H12N2O3S/c1-8-11(12(17)18)19-13(14-8)15-10(16)7-9-5-3-2-4-6-9/h2-6H,7H2,1H3,(H,17,18)(H,14,15,16). The molecule has 1 aromatic carbocycles. The summed E-state index contributed by atoms with van der Waals surface area (Å²) in [5, 5.41) is 11.8. The van der Waals surface area contributed by atoms with Crippen molar-refractivity contribution in [2.45, 2.75) is 13.3 Å². The van der Waals surface area contributed by atoms with Gasteiger partial charge in [-0.25, -0.2) is 9.78 Å². The molecule has 0 fully saturated rings. The Morgan fingerprint density at radius 3 is 2.58 bits per heavy atom. The van der Waals surface area contributed by atoms with Crippen LogP contribution in [0.15, 0.2) is 30.3 Å². The van der Waals surface area contributed by atoms with Crippen LogP contribution in [0.25, 0.3) is 0 Å². The van der Waals surface area contributed by atoms with Gasteiger partial charge in [0.05, 0.1) is 12.1 Å². The largest absolute Gasteiger partial charge is 0.477 e. The van der Waals surface area contributed by atoms with Crippen LogP contribution in [0.3, 0.4) is 0 Å². The number of anilines is 1. The number of nitrogens with zero attached hydrogens (tertiary/aromatic N) is 1. The van der Waals surface area contributed by atoms with Gasteiger partial charge >= 0.3 is 5.97 Å². The SMILES string of the molecule is Cc1nc(NC(=O)Cc2ccccc2)sc1C(=O)O. The Bertz CT molecular complexity index is 608. The maximum absolute atomic E-state index is 11.8. The minimum Gasteiger partial charge on any atom is -0.477 e. The maximum atomic E-state index is 11.8. The summed E-state index contributed by atoms with van der Waals surface area (Å²) in [6, 6.07) is 9.31. The molecule has 1 heterocycles. The number of hydrogen-bond acceptors (Lipinski definition) is 4. The van der Waals surface area contributed by atoms with Gasteiger partial charge in [-0.3, -0.25) is 4.79 Å². The second-order valence-electron chi connectivity index (χ2n) is 3.95. The monoisotopic (exact) mass is 276 g/mol. The van der Waals surface area contributed by atoms with Crippen LogP contribution in [0.1, 0.15) is 20.9 Å². The fourth-order valence-corrected chi connectivity index (χ4v) is 2.41. The number of thiazole rings is 1. The van der Waals surface area contributed by atoms with Crippen molar-refractivity contribution in [3.63, 3.8) is 0 Å². The summed E-state index contributed by atoms with van der Waals surface area (Å²) in [5.74, 6) is -1.24. The van der Waals surface area contributed by atoms with Gasteiger partial charge in [0.2, 0.25) is 5.91 Å². The molecule has 0 spiro atoms. The Labute approximate surface area is 113 Å². The van der Waals surface area contributed by atoms with Crippen LogP contribution in [0.2, 0.25) is 0 Å². The van der Waals surface area contributed by atoms with E-state index in [-0.39, 0.29) is 17.2 Å². The zero-order chi connectivity index (χ0) is 13.8. The number of carboxylic acid groups (broad SMARTS) is 1. The Kier molecular flexibility index (Phi) is 3.91. The fourth-order valence-electron chi connectivity index (χ4n) is 1.59. The minimum atomic E-state index is -1.03. The molecule has 0 radical (unpaired) electrons. The first kappa shape index (κ1) is 13.2. The smallest absolute Gasteiger partial charge is 0.347 e.